The first-order valence-electron chi connectivity index (χ1n) is 11.1. The van der Waals surface area contributed by atoms with E-state index in [1.807, 2.05) is 44.2 Å². The van der Waals surface area contributed by atoms with Gasteiger partial charge in [0.15, 0.2) is 11.9 Å². The molecule has 1 saturated carbocycles. The molecule has 0 aliphatic heterocycles. The predicted molar refractivity (Wildman–Crippen MR) is 123 cm³/mol. The molecule has 1 aliphatic rings. The van der Waals surface area contributed by atoms with Crippen LogP contribution in [0.15, 0.2) is 42.7 Å². The van der Waals surface area contributed by atoms with E-state index >= 15 is 0 Å². The number of primary amides is 1. The fourth-order valence-corrected chi connectivity index (χ4v) is 3.25. The van der Waals surface area contributed by atoms with Crippen molar-refractivity contribution in [2.75, 3.05) is 7.11 Å². The molecule has 1 unspecified atom stereocenters. The van der Waals surface area contributed by atoms with Crippen LogP contribution in [0.5, 0.6) is 0 Å². The second-order valence-corrected chi connectivity index (χ2v) is 8.60. The molecule has 0 bridgehead atoms. The van der Waals surface area contributed by atoms with E-state index in [4.69, 9.17) is 19.9 Å². The van der Waals surface area contributed by atoms with E-state index < -0.39 is 42.1 Å². The van der Waals surface area contributed by atoms with E-state index in [0.717, 1.165) is 18.4 Å². The number of ether oxygens (including phenoxy) is 3. The van der Waals surface area contributed by atoms with Crippen LogP contribution in [0.4, 0.5) is 4.79 Å². The molecule has 1 aliphatic carbocycles. The lowest BCUT2D eigenvalue weighted by Crippen LogP contribution is -2.56. The van der Waals surface area contributed by atoms with Gasteiger partial charge in [-0.1, -0.05) is 44.2 Å². The molecule has 10 heteroatoms. The van der Waals surface area contributed by atoms with Crippen molar-refractivity contribution in [2.24, 2.45) is 11.7 Å². The number of rotatable bonds is 13. The van der Waals surface area contributed by atoms with Gasteiger partial charge in [-0.25, -0.2) is 9.59 Å². The highest BCUT2D eigenvalue weighted by molar-refractivity contribution is 5.91. The third kappa shape index (κ3) is 8.76. The van der Waals surface area contributed by atoms with Crippen LogP contribution in [0, 0.1) is 5.92 Å². The zero-order valence-corrected chi connectivity index (χ0v) is 19.7. The number of nitrogens with one attached hydrogen (secondary N) is 2. The van der Waals surface area contributed by atoms with Gasteiger partial charge in [0, 0.05) is 6.04 Å². The lowest BCUT2D eigenvalue weighted by atomic mass is 9.99. The van der Waals surface area contributed by atoms with Gasteiger partial charge in [-0.15, -0.1) is 0 Å². The number of hydrogen-bond donors (Lipinski definition) is 3. The number of hydrogen-bond acceptors (Lipinski definition) is 7. The van der Waals surface area contributed by atoms with Gasteiger partial charge in [0.1, 0.15) is 0 Å². The molecular weight excluding hydrogens is 442 g/mol. The van der Waals surface area contributed by atoms with Crippen molar-refractivity contribution in [1.82, 2.24) is 10.6 Å². The molecule has 0 saturated heterocycles. The monoisotopic (exact) mass is 475 g/mol. The summed E-state index contributed by atoms with van der Waals surface area (Å²) >= 11 is 0. The minimum atomic E-state index is -1.39. The van der Waals surface area contributed by atoms with Gasteiger partial charge in [-0.05, 0) is 43.7 Å². The fraction of sp³-hybridized carbons (Fsp3) is 0.500. The standard InChI is InChI=1S/C24H33N3O7/c1-14(2)12-19(33-24(25)31)21(28)27-18(13-16-8-6-5-7-9-16)20(22(29)26-17-10-11-17)34-23(30)15(3)32-4/h5-9,14,17-20H,3,10-13H2,1-2,4H3,(H2,25,31)(H,26,29)(H,27,28)/t18-,19-,20?/m0/s1. The summed E-state index contributed by atoms with van der Waals surface area (Å²) in [4.78, 5) is 49.9. The molecule has 2 rings (SSSR count). The zero-order chi connectivity index (χ0) is 25.3. The summed E-state index contributed by atoms with van der Waals surface area (Å²) in [6, 6.07) is 8.09. The van der Waals surface area contributed by atoms with E-state index in [-0.39, 0.29) is 30.6 Å². The normalized spacial score (nSPS) is 15.4. The van der Waals surface area contributed by atoms with Gasteiger partial charge < -0.3 is 30.6 Å². The minimum Gasteiger partial charge on any atom is -0.490 e. The van der Waals surface area contributed by atoms with E-state index in [1.54, 1.807) is 0 Å². The molecule has 4 N–H and O–H groups in total. The molecular formula is C24H33N3O7. The molecule has 34 heavy (non-hydrogen) atoms. The van der Waals surface area contributed by atoms with Crippen molar-refractivity contribution in [2.45, 2.75) is 63.8 Å². The van der Waals surface area contributed by atoms with Crippen molar-refractivity contribution in [1.29, 1.82) is 0 Å². The number of esters is 1. The summed E-state index contributed by atoms with van der Waals surface area (Å²) < 4.78 is 15.3. The molecule has 0 aromatic heterocycles. The molecule has 0 radical (unpaired) electrons. The predicted octanol–water partition coefficient (Wildman–Crippen LogP) is 1.57. The minimum absolute atomic E-state index is 0.0134. The first-order chi connectivity index (χ1) is 16.1. The highest BCUT2D eigenvalue weighted by Crippen LogP contribution is 2.20. The summed E-state index contributed by atoms with van der Waals surface area (Å²) in [6.07, 6.45) is -1.65. The average Bonchev–Trinajstić information content (AvgIpc) is 3.59. The van der Waals surface area contributed by atoms with Crippen molar-refractivity contribution >= 4 is 23.9 Å². The van der Waals surface area contributed by atoms with Crippen LogP contribution in [0.1, 0.15) is 38.7 Å². The Bertz CT molecular complexity index is 884. The van der Waals surface area contributed by atoms with Crippen LogP contribution in [-0.2, 0) is 35.0 Å². The summed E-state index contributed by atoms with van der Waals surface area (Å²) in [6.45, 7) is 7.18. The topological polar surface area (TPSA) is 146 Å². The van der Waals surface area contributed by atoms with Crippen molar-refractivity contribution in [3.63, 3.8) is 0 Å². The molecule has 0 spiro atoms. The Morgan fingerprint density at radius 1 is 1.09 bits per heavy atom. The van der Waals surface area contributed by atoms with E-state index in [1.165, 1.54) is 7.11 Å². The number of carbonyl (C=O) groups excluding carboxylic acids is 4. The number of amides is 3. The summed E-state index contributed by atoms with van der Waals surface area (Å²) in [5, 5.41) is 5.54. The third-order valence-electron chi connectivity index (χ3n) is 5.12. The molecule has 1 fully saturated rings. The molecule has 1 aromatic carbocycles. The Kier molecular flexibility index (Phi) is 9.91. The fourth-order valence-electron chi connectivity index (χ4n) is 3.25. The van der Waals surface area contributed by atoms with Crippen LogP contribution < -0.4 is 16.4 Å². The average molecular weight is 476 g/mol. The molecule has 3 amide bonds. The SMILES string of the molecule is C=C(OC)C(=O)OC(C(=O)NC1CC1)[C@H](Cc1ccccc1)NC(=O)[C@H](CC(C)C)OC(N)=O. The molecule has 0 heterocycles. The first-order valence-corrected chi connectivity index (χ1v) is 11.1. The van der Waals surface area contributed by atoms with Gasteiger partial charge in [-0.3, -0.25) is 9.59 Å². The number of nitrogens with two attached hydrogens (primary N) is 1. The van der Waals surface area contributed by atoms with E-state index in [9.17, 15) is 19.2 Å². The number of methoxy groups -OCH3 is 1. The van der Waals surface area contributed by atoms with Gasteiger partial charge in [0.2, 0.25) is 6.10 Å². The second kappa shape index (κ2) is 12.6. The molecule has 3 atom stereocenters. The molecule has 1 aromatic rings. The third-order valence-corrected chi connectivity index (χ3v) is 5.12. The Hall–Kier alpha value is -3.56. The summed E-state index contributed by atoms with van der Waals surface area (Å²) in [5.41, 5.74) is 5.93. The lowest BCUT2D eigenvalue weighted by molar-refractivity contribution is -0.158. The Morgan fingerprint density at radius 2 is 1.74 bits per heavy atom. The Labute approximate surface area is 199 Å². The van der Waals surface area contributed by atoms with E-state index in [2.05, 4.69) is 17.2 Å². The number of benzene rings is 1. The highest BCUT2D eigenvalue weighted by atomic mass is 16.6. The number of carbonyl (C=O) groups is 4. The van der Waals surface area contributed by atoms with Crippen molar-refractivity contribution in [3.8, 4) is 0 Å². The van der Waals surface area contributed by atoms with Crippen molar-refractivity contribution in [3.05, 3.63) is 48.2 Å². The summed E-state index contributed by atoms with van der Waals surface area (Å²) in [7, 11) is 1.25. The molecule has 10 nitrogen and oxygen atoms in total. The first kappa shape index (κ1) is 26.7. The van der Waals surface area contributed by atoms with Crippen LogP contribution >= 0.6 is 0 Å². The maximum Gasteiger partial charge on any atom is 0.405 e. The van der Waals surface area contributed by atoms with Crippen LogP contribution in [0.2, 0.25) is 0 Å². The highest BCUT2D eigenvalue weighted by Gasteiger charge is 2.38. The van der Waals surface area contributed by atoms with Crippen LogP contribution in [0.25, 0.3) is 0 Å². The Balaban J connectivity index is 2.34. The maximum atomic E-state index is 13.1. The molecule has 186 valence electrons. The van der Waals surface area contributed by atoms with Crippen molar-refractivity contribution < 1.29 is 33.4 Å². The largest absolute Gasteiger partial charge is 0.490 e. The quantitative estimate of drug-likeness (QED) is 0.223. The Morgan fingerprint density at radius 3 is 2.26 bits per heavy atom. The van der Waals surface area contributed by atoms with Crippen LogP contribution in [0.3, 0.4) is 0 Å². The zero-order valence-electron chi connectivity index (χ0n) is 19.7. The van der Waals surface area contributed by atoms with Gasteiger partial charge in [0.25, 0.3) is 11.8 Å². The van der Waals surface area contributed by atoms with Crippen LogP contribution in [-0.4, -0.2) is 55.3 Å². The van der Waals surface area contributed by atoms with Gasteiger partial charge in [0.05, 0.1) is 13.2 Å². The van der Waals surface area contributed by atoms with Gasteiger partial charge in [-0.2, -0.15) is 0 Å². The smallest absolute Gasteiger partial charge is 0.405 e. The maximum absolute atomic E-state index is 13.1. The summed E-state index contributed by atoms with van der Waals surface area (Å²) in [5.74, 6) is -2.42. The van der Waals surface area contributed by atoms with Gasteiger partial charge >= 0.3 is 12.1 Å². The second-order valence-electron chi connectivity index (χ2n) is 8.60. The van der Waals surface area contributed by atoms with E-state index in [0.29, 0.717) is 0 Å². The lowest BCUT2D eigenvalue weighted by Gasteiger charge is -2.29.